The average Bonchev–Trinajstić information content (AvgIpc) is 3.15. The van der Waals surface area contributed by atoms with E-state index in [2.05, 4.69) is 9.82 Å². The lowest BCUT2D eigenvalue weighted by molar-refractivity contribution is 0.432. The van der Waals surface area contributed by atoms with Gasteiger partial charge in [0.05, 0.1) is 4.88 Å². The van der Waals surface area contributed by atoms with Crippen LogP contribution < -0.4 is 4.72 Å². The highest BCUT2D eigenvalue weighted by molar-refractivity contribution is 7.92. The van der Waals surface area contributed by atoms with Gasteiger partial charge in [0.25, 0.3) is 10.0 Å². The van der Waals surface area contributed by atoms with Gasteiger partial charge >= 0.3 is 0 Å². The molecule has 24 heavy (non-hydrogen) atoms. The number of benzene rings is 1. The second-order valence-corrected chi connectivity index (χ2v) is 7.39. The van der Waals surface area contributed by atoms with E-state index in [9.17, 15) is 21.6 Å². The van der Waals surface area contributed by atoms with Gasteiger partial charge in [-0.1, -0.05) is 6.07 Å². The summed E-state index contributed by atoms with van der Waals surface area (Å²) in [6, 6.07) is 6.29. The zero-order chi connectivity index (χ0) is 17.5. The molecule has 1 aromatic carbocycles. The summed E-state index contributed by atoms with van der Waals surface area (Å²) in [6.45, 7) is 0. The van der Waals surface area contributed by atoms with Crippen molar-refractivity contribution in [1.29, 1.82) is 0 Å². The van der Waals surface area contributed by atoms with Gasteiger partial charge in [-0.25, -0.2) is 21.6 Å². The molecule has 0 aliphatic carbocycles. The highest BCUT2D eigenvalue weighted by atomic mass is 32.2. The van der Waals surface area contributed by atoms with Crippen molar-refractivity contribution in [3.05, 3.63) is 53.2 Å². The Kier molecular flexibility index (Phi) is 4.10. The molecule has 0 spiro atoms. The standard InChI is InChI=1S/C14H10F3N3O2S2/c1-20-12(7-9(18-20)10-3-2-6-23-10)19-24(21,22)11-5-4-8(15)13(16)14(11)17/h2-7,19H,1H3. The van der Waals surface area contributed by atoms with Crippen molar-refractivity contribution in [3.63, 3.8) is 0 Å². The summed E-state index contributed by atoms with van der Waals surface area (Å²) < 4.78 is 67.8. The van der Waals surface area contributed by atoms with Crippen LogP contribution in [0.25, 0.3) is 10.6 Å². The monoisotopic (exact) mass is 373 g/mol. The first-order chi connectivity index (χ1) is 11.3. The first kappa shape index (κ1) is 16.5. The maximum Gasteiger partial charge on any atom is 0.266 e. The van der Waals surface area contributed by atoms with Gasteiger partial charge in [0.1, 0.15) is 16.4 Å². The molecular formula is C14H10F3N3O2S2. The molecular weight excluding hydrogens is 363 g/mol. The highest BCUT2D eigenvalue weighted by Crippen LogP contribution is 2.27. The molecule has 0 amide bonds. The fraction of sp³-hybridized carbons (Fsp3) is 0.0714. The lowest BCUT2D eigenvalue weighted by atomic mass is 10.3. The van der Waals surface area contributed by atoms with E-state index in [-0.39, 0.29) is 5.82 Å². The fourth-order valence-corrected chi connectivity index (χ4v) is 3.85. The lowest BCUT2D eigenvalue weighted by Gasteiger charge is -2.09. The molecule has 0 atom stereocenters. The van der Waals surface area contributed by atoms with Crippen LogP contribution >= 0.6 is 11.3 Å². The Morgan fingerprint density at radius 1 is 1.17 bits per heavy atom. The third-order valence-corrected chi connectivity index (χ3v) is 5.45. The minimum Gasteiger partial charge on any atom is -0.263 e. The predicted molar refractivity (Wildman–Crippen MR) is 83.6 cm³/mol. The third kappa shape index (κ3) is 2.89. The molecule has 0 saturated heterocycles. The minimum absolute atomic E-state index is 0.0579. The first-order valence-corrected chi connectivity index (χ1v) is 8.90. The maximum atomic E-state index is 13.7. The van der Waals surface area contributed by atoms with Gasteiger partial charge in [0, 0.05) is 13.1 Å². The van der Waals surface area contributed by atoms with E-state index in [1.54, 1.807) is 6.07 Å². The van der Waals surface area contributed by atoms with Crippen molar-refractivity contribution in [1.82, 2.24) is 9.78 Å². The molecule has 2 aromatic heterocycles. The molecule has 3 aromatic rings. The summed E-state index contributed by atoms with van der Waals surface area (Å²) in [6.07, 6.45) is 0. The number of anilines is 1. The smallest absolute Gasteiger partial charge is 0.263 e. The summed E-state index contributed by atoms with van der Waals surface area (Å²) in [4.78, 5) is -0.171. The maximum absolute atomic E-state index is 13.7. The molecule has 126 valence electrons. The largest absolute Gasteiger partial charge is 0.266 e. The van der Waals surface area contributed by atoms with Crippen LogP contribution in [0.3, 0.4) is 0 Å². The number of thiophene rings is 1. The third-order valence-electron chi connectivity index (χ3n) is 3.18. The van der Waals surface area contributed by atoms with Gasteiger partial charge in [-0.15, -0.1) is 11.3 Å². The van der Waals surface area contributed by atoms with Crippen LogP contribution in [0.2, 0.25) is 0 Å². The Balaban J connectivity index is 1.98. The molecule has 0 fully saturated rings. The first-order valence-electron chi connectivity index (χ1n) is 6.54. The molecule has 1 N–H and O–H groups in total. The van der Waals surface area contributed by atoms with E-state index in [1.807, 2.05) is 11.4 Å². The van der Waals surface area contributed by atoms with Gasteiger partial charge < -0.3 is 0 Å². The van der Waals surface area contributed by atoms with Crippen LogP contribution in [-0.4, -0.2) is 18.2 Å². The highest BCUT2D eigenvalue weighted by Gasteiger charge is 2.25. The van der Waals surface area contributed by atoms with E-state index >= 15 is 0 Å². The summed E-state index contributed by atoms with van der Waals surface area (Å²) >= 11 is 1.41. The fourth-order valence-electron chi connectivity index (χ4n) is 2.02. The van der Waals surface area contributed by atoms with Crippen molar-refractivity contribution in [2.24, 2.45) is 7.05 Å². The van der Waals surface area contributed by atoms with Crippen molar-refractivity contribution in [3.8, 4) is 10.6 Å². The van der Waals surface area contributed by atoms with Crippen molar-refractivity contribution in [2.45, 2.75) is 4.90 Å². The summed E-state index contributed by atoms with van der Waals surface area (Å²) in [7, 11) is -2.95. The second-order valence-electron chi connectivity index (χ2n) is 4.79. The Bertz CT molecular complexity index is 999. The Hall–Kier alpha value is -2.33. The number of sulfonamides is 1. The molecule has 0 saturated carbocycles. The topological polar surface area (TPSA) is 64.0 Å². The van der Waals surface area contributed by atoms with E-state index < -0.39 is 32.4 Å². The number of aromatic nitrogens is 2. The molecule has 10 heteroatoms. The molecule has 0 unspecified atom stereocenters. The molecule has 0 radical (unpaired) electrons. The van der Waals surface area contributed by atoms with Crippen molar-refractivity contribution >= 4 is 27.2 Å². The van der Waals surface area contributed by atoms with Crippen molar-refractivity contribution < 1.29 is 21.6 Å². The quantitative estimate of drug-likeness (QED) is 0.713. The molecule has 5 nitrogen and oxygen atoms in total. The summed E-state index contributed by atoms with van der Waals surface area (Å²) in [5.41, 5.74) is 0.524. The van der Waals surface area contributed by atoms with E-state index in [0.29, 0.717) is 17.8 Å². The zero-order valence-electron chi connectivity index (χ0n) is 12.1. The Morgan fingerprint density at radius 3 is 2.58 bits per heavy atom. The number of hydrogen-bond donors (Lipinski definition) is 1. The number of rotatable bonds is 4. The van der Waals surface area contributed by atoms with Gasteiger partial charge in [0.15, 0.2) is 17.5 Å². The Morgan fingerprint density at radius 2 is 1.92 bits per heavy atom. The van der Waals surface area contributed by atoms with Gasteiger partial charge in [-0.2, -0.15) is 5.10 Å². The van der Waals surface area contributed by atoms with Crippen LogP contribution in [0.15, 0.2) is 40.6 Å². The number of aryl methyl sites for hydroxylation is 1. The Labute approximate surface area is 139 Å². The number of hydrogen-bond acceptors (Lipinski definition) is 4. The zero-order valence-corrected chi connectivity index (χ0v) is 13.8. The molecule has 0 aliphatic rings. The predicted octanol–water partition coefficient (Wildman–Crippen LogP) is 3.37. The van der Waals surface area contributed by atoms with Crippen LogP contribution in [-0.2, 0) is 17.1 Å². The molecule has 0 aliphatic heterocycles. The van der Waals surface area contributed by atoms with Gasteiger partial charge in [-0.3, -0.25) is 9.40 Å². The second kappa shape index (κ2) is 5.95. The van der Waals surface area contributed by atoms with Gasteiger partial charge in [-0.05, 0) is 23.6 Å². The van der Waals surface area contributed by atoms with E-state index in [0.717, 1.165) is 4.88 Å². The van der Waals surface area contributed by atoms with E-state index in [1.165, 1.54) is 29.1 Å². The van der Waals surface area contributed by atoms with E-state index in [4.69, 9.17) is 0 Å². The average molecular weight is 373 g/mol. The summed E-state index contributed by atoms with van der Waals surface area (Å²) in [5.74, 6) is -5.03. The number of halogens is 3. The summed E-state index contributed by atoms with van der Waals surface area (Å²) in [5, 5.41) is 6.00. The molecule has 2 heterocycles. The minimum atomic E-state index is -4.45. The van der Waals surface area contributed by atoms with Gasteiger partial charge in [0.2, 0.25) is 0 Å². The number of nitrogens with one attached hydrogen (secondary N) is 1. The molecule has 0 bridgehead atoms. The van der Waals surface area contributed by atoms with Crippen LogP contribution in [0.4, 0.5) is 19.0 Å². The van der Waals surface area contributed by atoms with Crippen molar-refractivity contribution in [2.75, 3.05) is 4.72 Å². The SMILES string of the molecule is Cn1nc(-c2cccs2)cc1NS(=O)(=O)c1ccc(F)c(F)c1F. The normalized spacial score (nSPS) is 11.7. The lowest BCUT2D eigenvalue weighted by Crippen LogP contribution is -2.17. The number of nitrogens with zero attached hydrogens (tertiary/aromatic N) is 2. The van der Waals surface area contributed by atoms with Crippen LogP contribution in [0, 0.1) is 17.5 Å². The van der Waals surface area contributed by atoms with Crippen LogP contribution in [0.5, 0.6) is 0 Å². The van der Waals surface area contributed by atoms with Crippen LogP contribution in [0.1, 0.15) is 0 Å². The molecule has 3 rings (SSSR count).